The highest BCUT2D eigenvalue weighted by molar-refractivity contribution is 7.15. The Morgan fingerprint density at radius 2 is 2.18 bits per heavy atom. The van der Waals surface area contributed by atoms with Crippen LogP contribution < -0.4 is 17.2 Å². The third-order valence-electron chi connectivity index (χ3n) is 4.26. The third kappa shape index (κ3) is 3.47. The molecule has 0 aliphatic heterocycles. The Bertz CT molecular complexity index is 1280. The summed E-state index contributed by atoms with van der Waals surface area (Å²) >= 11 is 1.53. The molecule has 0 radical (unpaired) electrons. The molecule has 4 aromatic rings. The number of rotatable bonds is 6. The number of thiophene rings is 1. The molecule has 0 fully saturated rings. The fourth-order valence-electron chi connectivity index (χ4n) is 2.82. The van der Waals surface area contributed by atoms with E-state index in [1.807, 2.05) is 24.3 Å². The van der Waals surface area contributed by atoms with Gasteiger partial charge in [0.05, 0.1) is 24.9 Å². The van der Waals surface area contributed by atoms with E-state index in [-0.39, 0.29) is 18.8 Å². The predicted octanol–water partition coefficient (Wildman–Crippen LogP) is 2.07. The van der Waals surface area contributed by atoms with Gasteiger partial charge in [-0.15, -0.1) is 11.3 Å². The van der Waals surface area contributed by atoms with Crippen LogP contribution >= 0.6 is 11.3 Å². The van der Waals surface area contributed by atoms with E-state index in [1.54, 1.807) is 6.07 Å². The maximum atomic E-state index is 12.7. The molecule has 4 rings (SSSR count). The lowest BCUT2D eigenvalue weighted by molar-refractivity contribution is 0.555. The predicted molar refractivity (Wildman–Crippen MR) is 104 cm³/mol. The minimum atomic E-state index is -0.490. The van der Waals surface area contributed by atoms with E-state index in [0.717, 1.165) is 15.3 Å². The van der Waals surface area contributed by atoms with Crippen molar-refractivity contribution in [1.29, 1.82) is 0 Å². The fraction of sp³-hybridized carbons (Fsp3) is 0.167. The van der Waals surface area contributed by atoms with Gasteiger partial charge in [-0.2, -0.15) is 5.10 Å². The molecule has 0 aliphatic rings. The smallest absolute Gasteiger partial charge is 0.408 e. The summed E-state index contributed by atoms with van der Waals surface area (Å²) in [5.41, 5.74) is 7.45. The van der Waals surface area contributed by atoms with Gasteiger partial charge < -0.3 is 10.2 Å². The first-order valence-corrected chi connectivity index (χ1v) is 9.21. The number of halogens is 1. The molecule has 0 saturated carbocycles. The van der Waals surface area contributed by atoms with Gasteiger partial charge in [0.1, 0.15) is 6.33 Å². The zero-order valence-electron chi connectivity index (χ0n) is 14.6. The molecule has 3 aromatic heterocycles. The van der Waals surface area contributed by atoms with Crippen LogP contribution in [0.4, 0.5) is 4.39 Å². The maximum Gasteiger partial charge on any atom is 0.417 e. The number of nitrogens with one attached hydrogen (secondary N) is 1. The molecule has 0 bridgehead atoms. The number of hydrogen-bond donors (Lipinski definition) is 2. The normalized spacial score (nSPS) is 12.1. The highest BCUT2D eigenvalue weighted by Crippen LogP contribution is 2.30. The van der Waals surface area contributed by atoms with E-state index in [9.17, 15) is 14.0 Å². The van der Waals surface area contributed by atoms with Gasteiger partial charge in [0, 0.05) is 16.3 Å². The van der Waals surface area contributed by atoms with Crippen LogP contribution in [0.3, 0.4) is 0 Å². The second-order valence-electron chi connectivity index (χ2n) is 6.16. The van der Waals surface area contributed by atoms with Crippen molar-refractivity contribution >= 4 is 22.4 Å². The Kier molecular flexibility index (Phi) is 4.80. The lowest BCUT2D eigenvalue weighted by Gasteiger charge is -2.01. The molecule has 28 heavy (non-hydrogen) atoms. The quantitative estimate of drug-likeness (QED) is 0.514. The molecule has 3 N–H and O–H groups in total. The van der Waals surface area contributed by atoms with Gasteiger partial charge in [0.2, 0.25) is 0 Å². The second kappa shape index (κ2) is 7.41. The van der Waals surface area contributed by atoms with E-state index >= 15 is 0 Å². The van der Waals surface area contributed by atoms with Crippen LogP contribution in [0, 0.1) is 0 Å². The molecule has 3 heterocycles. The summed E-state index contributed by atoms with van der Waals surface area (Å²) in [4.78, 5) is 28.3. The van der Waals surface area contributed by atoms with Crippen LogP contribution in [0.1, 0.15) is 4.88 Å². The topological polar surface area (TPSA) is 112 Å². The van der Waals surface area contributed by atoms with Crippen molar-refractivity contribution < 1.29 is 8.81 Å². The van der Waals surface area contributed by atoms with Crippen LogP contribution in [0.25, 0.3) is 21.5 Å². The minimum absolute atomic E-state index is 0.0242. The first-order valence-electron chi connectivity index (χ1n) is 8.40. The number of nitrogens with zero attached hydrogens (tertiary/aromatic N) is 3. The van der Waals surface area contributed by atoms with Gasteiger partial charge in [0.25, 0.3) is 0 Å². The Morgan fingerprint density at radius 1 is 1.32 bits per heavy atom. The number of oxazole rings is 1. The van der Waals surface area contributed by atoms with Crippen LogP contribution in [-0.2, 0) is 13.1 Å². The molecule has 0 unspecified atom stereocenters. The number of nitrogens with two attached hydrogens (primary N) is 1. The highest BCUT2D eigenvalue weighted by Gasteiger charge is 2.10. The molecule has 0 amide bonds. The Morgan fingerprint density at radius 3 is 2.96 bits per heavy atom. The average molecular weight is 401 g/mol. The van der Waals surface area contributed by atoms with E-state index in [2.05, 4.69) is 10.1 Å². The SMILES string of the molecule is NC/C(=C\F)Cn1ncn(Cc2ccc(-c3ccc4oc(=O)[nH]c4c3)s2)c1=O. The summed E-state index contributed by atoms with van der Waals surface area (Å²) in [6.07, 6.45) is 1.83. The van der Waals surface area contributed by atoms with Gasteiger partial charge in [-0.3, -0.25) is 9.55 Å². The zero-order chi connectivity index (χ0) is 19.7. The molecule has 0 aliphatic carbocycles. The maximum absolute atomic E-state index is 12.7. The fourth-order valence-corrected chi connectivity index (χ4v) is 3.82. The highest BCUT2D eigenvalue weighted by atomic mass is 32.1. The monoisotopic (exact) mass is 401 g/mol. The molecule has 0 atom stereocenters. The Balaban J connectivity index is 1.55. The van der Waals surface area contributed by atoms with Gasteiger partial charge in [-0.1, -0.05) is 0 Å². The van der Waals surface area contributed by atoms with Gasteiger partial charge in [-0.05, 0) is 41.5 Å². The molecular formula is C18H16FN5O3S. The summed E-state index contributed by atoms with van der Waals surface area (Å²) in [6, 6.07) is 9.34. The van der Waals surface area contributed by atoms with E-state index in [4.69, 9.17) is 10.2 Å². The summed E-state index contributed by atoms with van der Waals surface area (Å²) in [5, 5.41) is 4.01. The molecule has 1 aromatic carbocycles. The minimum Gasteiger partial charge on any atom is -0.408 e. The number of benzene rings is 1. The first-order chi connectivity index (χ1) is 13.6. The van der Waals surface area contributed by atoms with E-state index in [1.165, 1.54) is 26.9 Å². The van der Waals surface area contributed by atoms with Gasteiger partial charge in [-0.25, -0.2) is 18.7 Å². The average Bonchev–Trinajstić information content (AvgIpc) is 3.39. The standard InChI is InChI=1S/C18H16FN5O3S/c19-6-11(7-20)8-24-18(26)23(10-21-24)9-13-2-4-16(28-13)12-1-3-15-14(5-12)22-17(25)27-15/h1-6,10H,7-9,20H2,(H,22,25)/b11-6+. The number of hydrogen-bond acceptors (Lipinski definition) is 6. The largest absolute Gasteiger partial charge is 0.417 e. The van der Waals surface area contributed by atoms with Crippen molar-refractivity contribution in [3.63, 3.8) is 0 Å². The van der Waals surface area contributed by atoms with Crippen LogP contribution in [-0.4, -0.2) is 25.9 Å². The lowest BCUT2D eigenvalue weighted by Crippen LogP contribution is -2.26. The van der Waals surface area contributed by atoms with Crippen molar-refractivity contribution in [3.8, 4) is 10.4 Å². The Hall–Kier alpha value is -3.24. The number of aromatic nitrogens is 4. The van der Waals surface area contributed by atoms with Gasteiger partial charge >= 0.3 is 11.4 Å². The first kappa shape index (κ1) is 18.1. The Labute approximate surface area is 161 Å². The molecule has 0 spiro atoms. The molecular weight excluding hydrogens is 385 g/mol. The second-order valence-corrected chi connectivity index (χ2v) is 7.33. The number of aromatic amines is 1. The summed E-state index contributed by atoms with van der Waals surface area (Å²) in [7, 11) is 0. The summed E-state index contributed by atoms with van der Waals surface area (Å²) < 4.78 is 20.3. The van der Waals surface area contributed by atoms with Crippen LogP contribution in [0.2, 0.25) is 0 Å². The molecule has 10 heteroatoms. The third-order valence-corrected chi connectivity index (χ3v) is 5.38. The van der Waals surface area contributed by atoms with Crippen LogP contribution in [0.15, 0.2) is 62.6 Å². The summed E-state index contributed by atoms with van der Waals surface area (Å²) in [5.74, 6) is -0.490. The van der Waals surface area contributed by atoms with E-state index in [0.29, 0.717) is 29.5 Å². The van der Waals surface area contributed by atoms with Crippen molar-refractivity contribution in [3.05, 3.63) is 74.5 Å². The summed E-state index contributed by atoms with van der Waals surface area (Å²) in [6.45, 7) is 0.402. The van der Waals surface area contributed by atoms with Crippen molar-refractivity contribution in [2.75, 3.05) is 6.54 Å². The molecule has 0 saturated heterocycles. The number of fused-ring (bicyclic) bond motifs is 1. The van der Waals surface area contributed by atoms with E-state index < -0.39 is 5.76 Å². The van der Waals surface area contributed by atoms with Crippen molar-refractivity contribution in [2.45, 2.75) is 13.1 Å². The van der Waals surface area contributed by atoms with Crippen LogP contribution in [0.5, 0.6) is 0 Å². The molecule has 8 nitrogen and oxygen atoms in total. The van der Waals surface area contributed by atoms with Crippen molar-refractivity contribution in [1.82, 2.24) is 19.3 Å². The lowest BCUT2D eigenvalue weighted by atomic mass is 10.2. The van der Waals surface area contributed by atoms with Crippen molar-refractivity contribution in [2.24, 2.45) is 5.73 Å². The van der Waals surface area contributed by atoms with Gasteiger partial charge in [0.15, 0.2) is 5.58 Å². The molecule has 144 valence electrons. The zero-order valence-corrected chi connectivity index (χ0v) is 15.4. The number of H-pyrrole nitrogens is 1.